The van der Waals surface area contributed by atoms with E-state index in [1.54, 1.807) is 0 Å². The summed E-state index contributed by atoms with van der Waals surface area (Å²) in [6.45, 7) is 4.25. The zero-order valence-electron chi connectivity index (χ0n) is 9.60. The number of aryl methyl sites for hydroxylation is 1. The molecule has 2 aromatic heterocycles. The highest BCUT2D eigenvalue weighted by atomic mass is 32.1. The Kier molecular flexibility index (Phi) is 3.57. The van der Waals surface area contributed by atoms with Gasteiger partial charge in [-0.3, -0.25) is 4.98 Å². The third-order valence-corrected chi connectivity index (χ3v) is 3.27. The molecule has 2 nitrogen and oxygen atoms in total. The fraction of sp³-hybridized carbons (Fsp3) is 0.308. The molecule has 3 heteroatoms. The van der Waals surface area contributed by atoms with Crippen molar-refractivity contribution in [3.8, 4) is 0 Å². The predicted molar refractivity (Wildman–Crippen MR) is 70.1 cm³/mol. The Morgan fingerprint density at radius 2 is 2.31 bits per heavy atom. The van der Waals surface area contributed by atoms with E-state index in [-0.39, 0.29) is 0 Å². The van der Waals surface area contributed by atoms with E-state index >= 15 is 0 Å². The summed E-state index contributed by atoms with van der Waals surface area (Å²) in [6, 6.07) is 6.83. The second kappa shape index (κ2) is 5.12. The van der Waals surface area contributed by atoms with Crippen LogP contribution in [-0.2, 0) is 6.42 Å². The maximum atomic E-state index is 4.17. The Balaban J connectivity index is 1.94. The average molecular weight is 232 g/mol. The zero-order chi connectivity index (χ0) is 11.4. The van der Waals surface area contributed by atoms with Gasteiger partial charge < -0.3 is 5.32 Å². The van der Waals surface area contributed by atoms with Crippen molar-refractivity contribution in [2.45, 2.75) is 26.3 Å². The van der Waals surface area contributed by atoms with Crippen LogP contribution in [0.25, 0.3) is 0 Å². The number of pyridine rings is 1. The molecule has 0 spiro atoms. The van der Waals surface area contributed by atoms with Crippen molar-refractivity contribution >= 4 is 17.0 Å². The number of hydrogen-bond donors (Lipinski definition) is 1. The highest BCUT2D eigenvalue weighted by Gasteiger charge is 2.04. The lowest BCUT2D eigenvalue weighted by atomic mass is 10.2. The SMILES string of the molecule is Cc1cncc(NC(C)Cc2cccs2)c1. The highest BCUT2D eigenvalue weighted by molar-refractivity contribution is 7.09. The lowest BCUT2D eigenvalue weighted by Crippen LogP contribution is -2.17. The van der Waals surface area contributed by atoms with Crippen LogP contribution >= 0.6 is 11.3 Å². The number of nitrogens with zero attached hydrogens (tertiary/aromatic N) is 1. The molecular formula is C13H16N2S. The Labute approximate surface area is 100 Å². The van der Waals surface area contributed by atoms with Crippen LogP contribution in [0.15, 0.2) is 36.0 Å². The second-order valence-electron chi connectivity index (χ2n) is 4.08. The van der Waals surface area contributed by atoms with Gasteiger partial charge in [-0.1, -0.05) is 6.07 Å². The topological polar surface area (TPSA) is 24.9 Å². The summed E-state index contributed by atoms with van der Waals surface area (Å²) in [7, 11) is 0. The average Bonchev–Trinajstić information content (AvgIpc) is 2.70. The molecule has 2 heterocycles. The molecule has 0 saturated heterocycles. The van der Waals surface area contributed by atoms with Crippen LogP contribution in [0.1, 0.15) is 17.4 Å². The van der Waals surface area contributed by atoms with E-state index in [2.05, 4.69) is 47.7 Å². The van der Waals surface area contributed by atoms with Crippen LogP contribution in [-0.4, -0.2) is 11.0 Å². The van der Waals surface area contributed by atoms with Crippen molar-refractivity contribution in [1.82, 2.24) is 4.98 Å². The van der Waals surface area contributed by atoms with E-state index in [0.717, 1.165) is 12.1 Å². The Morgan fingerprint density at radius 1 is 1.44 bits per heavy atom. The Hall–Kier alpha value is -1.35. The van der Waals surface area contributed by atoms with E-state index < -0.39 is 0 Å². The lowest BCUT2D eigenvalue weighted by Gasteiger charge is -2.14. The molecule has 0 aliphatic carbocycles. The van der Waals surface area contributed by atoms with Crippen LogP contribution < -0.4 is 5.32 Å². The standard InChI is InChI=1S/C13H16N2S/c1-10-6-12(9-14-8-10)15-11(2)7-13-4-3-5-16-13/h3-6,8-9,11,15H,7H2,1-2H3. The largest absolute Gasteiger partial charge is 0.381 e. The number of anilines is 1. The third kappa shape index (κ3) is 3.07. The molecule has 1 atom stereocenters. The molecule has 2 aromatic rings. The minimum Gasteiger partial charge on any atom is -0.381 e. The van der Waals surface area contributed by atoms with Gasteiger partial charge in [-0.25, -0.2) is 0 Å². The molecule has 0 aliphatic heterocycles. The van der Waals surface area contributed by atoms with E-state index in [9.17, 15) is 0 Å². The molecular weight excluding hydrogens is 216 g/mol. The number of hydrogen-bond acceptors (Lipinski definition) is 3. The molecule has 0 fully saturated rings. The van der Waals surface area contributed by atoms with Gasteiger partial charge in [-0.15, -0.1) is 11.3 Å². The highest BCUT2D eigenvalue weighted by Crippen LogP contribution is 2.14. The summed E-state index contributed by atoms with van der Waals surface area (Å²) in [4.78, 5) is 5.59. The van der Waals surface area contributed by atoms with Gasteiger partial charge >= 0.3 is 0 Å². The maximum absolute atomic E-state index is 4.17. The summed E-state index contributed by atoms with van der Waals surface area (Å²) in [5, 5.41) is 5.59. The van der Waals surface area contributed by atoms with E-state index in [0.29, 0.717) is 6.04 Å². The molecule has 0 bridgehead atoms. The second-order valence-corrected chi connectivity index (χ2v) is 5.11. The fourth-order valence-electron chi connectivity index (χ4n) is 1.70. The third-order valence-electron chi connectivity index (χ3n) is 2.38. The van der Waals surface area contributed by atoms with Gasteiger partial charge in [0.15, 0.2) is 0 Å². The number of thiophene rings is 1. The molecule has 84 valence electrons. The number of nitrogens with one attached hydrogen (secondary N) is 1. The van der Waals surface area contributed by atoms with Crippen molar-refractivity contribution < 1.29 is 0 Å². The van der Waals surface area contributed by atoms with Crippen LogP contribution in [0.4, 0.5) is 5.69 Å². The van der Waals surface area contributed by atoms with E-state index in [4.69, 9.17) is 0 Å². The van der Waals surface area contributed by atoms with Gasteiger partial charge in [-0.05, 0) is 36.9 Å². The molecule has 0 aliphatic rings. The van der Waals surface area contributed by atoms with Gasteiger partial charge in [0.1, 0.15) is 0 Å². The van der Waals surface area contributed by atoms with Crippen molar-refractivity contribution in [2.75, 3.05) is 5.32 Å². The van der Waals surface area contributed by atoms with Gasteiger partial charge in [0, 0.05) is 29.7 Å². The van der Waals surface area contributed by atoms with Crippen LogP contribution in [0.5, 0.6) is 0 Å². The van der Waals surface area contributed by atoms with Gasteiger partial charge in [0.2, 0.25) is 0 Å². The normalized spacial score (nSPS) is 12.4. The first-order chi connectivity index (χ1) is 7.74. The first-order valence-corrected chi connectivity index (χ1v) is 6.32. The molecule has 0 radical (unpaired) electrons. The van der Waals surface area contributed by atoms with Crippen molar-refractivity contribution in [2.24, 2.45) is 0 Å². The molecule has 1 N–H and O–H groups in total. The zero-order valence-corrected chi connectivity index (χ0v) is 10.4. The summed E-state index contributed by atoms with van der Waals surface area (Å²) < 4.78 is 0. The predicted octanol–water partition coefficient (Wildman–Crippen LogP) is 3.49. The van der Waals surface area contributed by atoms with E-state index in [1.807, 2.05) is 23.7 Å². The fourth-order valence-corrected chi connectivity index (χ4v) is 2.54. The lowest BCUT2D eigenvalue weighted by molar-refractivity contribution is 0.799. The van der Waals surface area contributed by atoms with Crippen molar-refractivity contribution in [3.63, 3.8) is 0 Å². The summed E-state index contributed by atoms with van der Waals surface area (Å²) in [6.07, 6.45) is 4.80. The minimum absolute atomic E-state index is 0.433. The van der Waals surface area contributed by atoms with Gasteiger partial charge in [-0.2, -0.15) is 0 Å². The molecule has 2 rings (SSSR count). The van der Waals surface area contributed by atoms with Crippen molar-refractivity contribution in [1.29, 1.82) is 0 Å². The molecule has 0 saturated carbocycles. The Bertz CT molecular complexity index is 437. The van der Waals surface area contributed by atoms with E-state index in [1.165, 1.54) is 10.4 Å². The van der Waals surface area contributed by atoms with Crippen LogP contribution in [0.3, 0.4) is 0 Å². The van der Waals surface area contributed by atoms with Gasteiger partial charge in [0.25, 0.3) is 0 Å². The summed E-state index contributed by atoms with van der Waals surface area (Å²) in [5.74, 6) is 0. The molecule has 0 aromatic carbocycles. The summed E-state index contributed by atoms with van der Waals surface area (Å²) in [5.41, 5.74) is 2.29. The monoisotopic (exact) mass is 232 g/mol. The Morgan fingerprint density at radius 3 is 3.00 bits per heavy atom. The maximum Gasteiger partial charge on any atom is 0.0531 e. The van der Waals surface area contributed by atoms with Gasteiger partial charge in [0.05, 0.1) is 5.69 Å². The van der Waals surface area contributed by atoms with Crippen molar-refractivity contribution in [3.05, 3.63) is 46.4 Å². The number of rotatable bonds is 4. The number of aromatic nitrogens is 1. The smallest absolute Gasteiger partial charge is 0.0531 e. The molecule has 0 amide bonds. The molecule has 1 unspecified atom stereocenters. The molecule has 16 heavy (non-hydrogen) atoms. The summed E-state index contributed by atoms with van der Waals surface area (Å²) >= 11 is 1.81. The minimum atomic E-state index is 0.433. The first kappa shape index (κ1) is 11.1. The van der Waals surface area contributed by atoms with Crippen LogP contribution in [0, 0.1) is 6.92 Å². The van der Waals surface area contributed by atoms with Crippen LogP contribution in [0.2, 0.25) is 0 Å². The quantitative estimate of drug-likeness (QED) is 0.872. The first-order valence-electron chi connectivity index (χ1n) is 5.44.